The van der Waals surface area contributed by atoms with Crippen LogP contribution in [-0.2, 0) is 17.8 Å². The highest BCUT2D eigenvalue weighted by Crippen LogP contribution is 2.30. The number of hydrogen-bond donors (Lipinski definition) is 1. The molecule has 7 nitrogen and oxygen atoms in total. The Kier molecular flexibility index (Phi) is 6.35. The van der Waals surface area contributed by atoms with E-state index in [2.05, 4.69) is 10.3 Å². The average molecular weight is 431 g/mol. The van der Waals surface area contributed by atoms with Crippen LogP contribution >= 0.6 is 0 Å². The number of amides is 2. The van der Waals surface area contributed by atoms with Crippen molar-refractivity contribution in [3.05, 3.63) is 83.6 Å². The topological polar surface area (TPSA) is 74.8 Å². The molecule has 4 rings (SSSR count). The number of pyridine rings is 1. The number of ether oxygens (including phenoxy) is 1. The molecule has 1 aliphatic heterocycles. The molecular weight excluding hydrogens is 404 g/mol. The average Bonchev–Trinajstić information content (AvgIpc) is 2.84. The standard InChI is InChI=1S/C25H26N4O3/c1-28(13-12-18-6-4-3-5-7-18)25(31)20-14-22-24(26-15-20)27-16-23(30)29(22)17-19-8-10-21(32-2)11-9-19/h3-11,14-15H,12-13,16-17H2,1-2H3,(H,26,27). The van der Waals surface area contributed by atoms with Crippen LogP contribution in [0.25, 0.3) is 0 Å². The van der Waals surface area contributed by atoms with Gasteiger partial charge in [-0.25, -0.2) is 4.98 Å². The first-order valence-electron chi connectivity index (χ1n) is 10.5. The summed E-state index contributed by atoms with van der Waals surface area (Å²) in [7, 11) is 3.40. The predicted molar refractivity (Wildman–Crippen MR) is 124 cm³/mol. The molecule has 164 valence electrons. The van der Waals surface area contributed by atoms with E-state index in [0.717, 1.165) is 17.7 Å². The van der Waals surface area contributed by atoms with Crippen molar-refractivity contribution >= 4 is 23.3 Å². The lowest BCUT2D eigenvalue weighted by atomic mass is 10.1. The highest BCUT2D eigenvalue weighted by Gasteiger charge is 2.27. The van der Waals surface area contributed by atoms with Crippen molar-refractivity contribution in [1.82, 2.24) is 9.88 Å². The lowest BCUT2D eigenvalue weighted by Gasteiger charge is -2.30. The van der Waals surface area contributed by atoms with Crippen LogP contribution in [0.1, 0.15) is 21.5 Å². The van der Waals surface area contributed by atoms with Gasteiger partial charge in [0.2, 0.25) is 5.91 Å². The van der Waals surface area contributed by atoms with Crippen molar-refractivity contribution in [2.45, 2.75) is 13.0 Å². The van der Waals surface area contributed by atoms with Gasteiger partial charge in [-0.2, -0.15) is 0 Å². The van der Waals surface area contributed by atoms with Gasteiger partial charge in [0.05, 0.1) is 31.5 Å². The maximum absolute atomic E-state index is 13.0. The Hall–Kier alpha value is -3.87. The van der Waals surface area contributed by atoms with E-state index >= 15 is 0 Å². The van der Waals surface area contributed by atoms with E-state index in [1.54, 1.807) is 36.2 Å². The molecule has 0 radical (unpaired) electrons. The van der Waals surface area contributed by atoms with Crippen LogP contribution in [0.2, 0.25) is 0 Å². The molecule has 0 saturated heterocycles. The number of methoxy groups -OCH3 is 1. The number of aromatic nitrogens is 1. The molecule has 2 heterocycles. The van der Waals surface area contributed by atoms with E-state index in [4.69, 9.17) is 4.74 Å². The molecule has 1 aliphatic rings. The Balaban J connectivity index is 1.52. The molecule has 0 atom stereocenters. The number of carbonyl (C=O) groups is 2. The van der Waals surface area contributed by atoms with Gasteiger partial charge in [-0.3, -0.25) is 9.59 Å². The highest BCUT2D eigenvalue weighted by molar-refractivity contribution is 6.04. The molecule has 0 saturated carbocycles. The molecule has 0 unspecified atom stereocenters. The Morgan fingerprint density at radius 1 is 1.12 bits per heavy atom. The number of likely N-dealkylation sites (N-methyl/N-ethyl adjacent to an activating group) is 1. The van der Waals surface area contributed by atoms with Gasteiger partial charge in [-0.1, -0.05) is 42.5 Å². The minimum atomic E-state index is -0.126. The summed E-state index contributed by atoms with van der Waals surface area (Å²) < 4.78 is 5.21. The monoisotopic (exact) mass is 430 g/mol. The van der Waals surface area contributed by atoms with E-state index < -0.39 is 0 Å². The Morgan fingerprint density at radius 2 is 1.88 bits per heavy atom. The normalized spacial score (nSPS) is 12.7. The summed E-state index contributed by atoms with van der Waals surface area (Å²) in [6, 6.07) is 19.4. The van der Waals surface area contributed by atoms with Gasteiger partial charge in [-0.05, 0) is 35.7 Å². The summed E-state index contributed by atoms with van der Waals surface area (Å²) >= 11 is 0. The van der Waals surface area contributed by atoms with Crippen molar-refractivity contribution in [2.24, 2.45) is 0 Å². The van der Waals surface area contributed by atoms with Crippen molar-refractivity contribution < 1.29 is 14.3 Å². The van der Waals surface area contributed by atoms with Gasteiger partial charge in [0.25, 0.3) is 5.91 Å². The first kappa shape index (κ1) is 21.4. The number of nitrogens with zero attached hydrogens (tertiary/aromatic N) is 3. The van der Waals surface area contributed by atoms with Gasteiger partial charge in [0, 0.05) is 19.8 Å². The molecular formula is C25H26N4O3. The molecule has 0 aliphatic carbocycles. The van der Waals surface area contributed by atoms with Crippen molar-refractivity contribution in [2.75, 3.05) is 37.5 Å². The number of anilines is 2. The van der Waals surface area contributed by atoms with Gasteiger partial charge in [0.1, 0.15) is 5.75 Å². The SMILES string of the molecule is COc1ccc(CN2C(=O)CNc3ncc(C(=O)N(C)CCc4ccccc4)cc32)cc1. The van der Waals surface area contributed by atoms with E-state index in [0.29, 0.717) is 30.2 Å². The largest absolute Gasteiger partial charge is 0.497 e. The molecule has 0 spiro atoms. The molecule has 1 N–H and O–H groups in total. The van der Waals surface area contributed by atoms with Crippen LogP contribution in [0.5, 0.6) is 5.75 Å². The van der Waals surface area contributed by atoms with Crippen molar-refractivity contribution in [3.63, 3.8) is 0 Å². The number of rotatable bonds is 7. The molecule has 2 aromatic carbocycles. The lowest BCUT2D eigenvalue weighted by molar-refractivity contribution is -0.117. The van der Waals surface area contributed by atoms with Crippen LogP contribution in [0, 0.1) is 0 Å². The van der Waals surface area contributed by atoms with Gasteiger partial charge >= 0.3 is 0 Å². The zero-order valence-electron chi connectivity index (χ0n) is 18.2. The number of fused-ring (bicyclic) bond motifs is 1. The fourth-order valence-corrected chi connectivity index (χ4v) is 3.65. The summed E-state index contributed by atoms with van der Waals surface area (Å²) in [5.74, 6) is 1.16. The molecule has 0 fully saturated rings. The summed E-state index contributed by atoms with van der Waals surface area (Å²) in [6.45, 7) is 1.15. The number of hydrogen-bond acceptors (Lipinski definition) is 5. The zero-order valence-corrected chi connectivity index (χ0v) is 18.2. The van der Waals surface area contributed by atoms with Gasteiger partial charge < -0.3 is 19.9 Å². The molecule has 7 heteroatoms. The van der Waals surface area contributed by atoms with Gasteiger partial charge in [0.15, 0.2) is 5.82 Å². The first-order valence-corrected chi connectivity index (χ1v) is 10.5. The zero-order chi connectivity index (χ0) is 22.5. The Labute approximate surface area is 187 Å². The number of benzene rings is 2. The third-order valence-electron chi connectivity index (χ3n) is 5.54. The lowest BCUT2D eigenvalue weighted by Crippen LogP contribution is -2.40. The maximum Gasteiger partial charge on any atom is 0.255 e. The Morgan fingerprint density at radius 3 is 2.59 bits per heavy atom. The predicted octanol–water partition coefficient (Wildman–Crippen LogP) is 3.36. The third-order valence-corrected chi connectivity index (χ3v) is 5.54. The minimum absolute atomic E-state index is 0.0721. The fraction of sp³-hybridized carbons (Fsp3) is 0.240. The second kappa shape index (κ2) is 9.51. The van der Waals surface area contributed by atoms with Crippen molar-refractivity contribution in [1.29, 1.82) is 0 Å². The maximum atomic E-state index is 13.0. The number of nitrogens with one attached hydrogen (secondary N) is 1. The minimum Gasteiger partial charge on any atom is -0.497 e. The summed E-state index contributed by atoms with van der Waals surface area (Å²) in [5.41, 5.74) is 3.20. The van der Waals surface area contributed by atoms with Crippen molar-refractivity contribution in [3.8, 4) is 5.75 Å². The van der Waals surface area contributed by atoms with Crippen LogP contribution < -0.4 is 15.0 Å². The first-order chi connectivity index (χ1) is 15.5. The fourth-order valence-electron chi connectivity index (χ4n) is 3.65. The molecule has 0 bridgehead atoms. The van der Waals surface area contributed by atoms with Crippen LogP contribution in [0.3, 0.4) is 0 Å². The van der Waals surface area contributed by atoms with Gasteiger partial charge in [-0.15, -0.1) is 0 Å². The quantitative estimate of drug-likeness (QED) is 0.622. The highest BCUT2D eigenvalue weighted by atomic mass is 16.5. The smallest absolute Gasteiger partial charge is 0.255 e. The van der Waals surface area contributed by atoms with E-state index in [1.807, 2.05) is 54.6 Å². The summed E-state index contributed by atoms with van der Waals surface area (Å²) in [4.78, 5) is 33.5. The molecule has 32 heavy (non-hydrogen) atoms. The van der Waals surface area contributed by atoms with Crippen LogP contribution in [0.4, 0.5) is 11.5 Å². The van der Waals surface area contributed by atoms with E-state index in [9.17, 15) is 9.59 Å². The van der Waals surface area contributed by atoms with E-state index in [1.165, 1.54) is 5.56 Å². The molecule has 3 aromatic rings. The van der Waals surface area contributed by atoms with Crippen LogP contribution in [0.15, 0.2) is 66.9 Å². The molecule has 2 amide bonds. The second-order valence-corrected chi connectivity index (χ2v) is 7.74. The van der Waals surface area contributed by atoms with E-state index in [-0.39, 0.29) is 18.4 Å². The Bertz CT molecular complexity index is 1100. The van der Waals surface area contributed by atoms with Crippen LogP contribution in [-0.4, -0.2) is 48.9 Å². The summed E-state index contributed by atoms with van der Waals surface area (Å²) in [5, 5.41) is 3.04. The summed E-state index contributed by atoms with van der Waals surface area (Å²) in [6.07, 6.45) is 2.33. The second-order valence-electron chi connectivity index (χ2n) is 7.74. The molecule has 1 aromatic heterocycles. The number of carbonyl (C=O) groups excluding carboxylic acids is 2. The third kappa shape index (κ3) is 4.72.